The summed E-state index contributed by atoms with van der Waals surface area (Å²) in [5.41, 5.74) is 5.64. The average molecular weight is 244 g/mol. The Morgan fingerprint density at radius 2 is 2.38 bits per heavy atom. The molecular weight excluding hydrogens is 220 g/mol. The highest BCUT2D eigenvalue weighted by molar-refractivity contribution is 7.80. The summed E-state index contributed by atoms with van der Waals surface area (Å²) in [5, 5.41) is 0. The van der Waals surface area contributed by atoms with E-state index in [0.29, 0.717) is 17.0 Å². The molecule has 3 nitrogen and oxygen atoms in total. The van der Waals surface area contributed by atoms with Gasteiger partial charge in [-0.3, -0.25) is 0 Å². The van der Waals surface area contributed by atoms with Gasteiger partial charge in [0.05, 0.1) is 11.1 Å². The SMILES string of the molecule is CCCOC1CCCN(CC(C)C(N)=S)C1. The molecule has 1 fully saturated rings. The van der Waals surface area contributed by atoms with Crippen molar-refractivity contribution in [3.05, 3.63) is 0 Å². The molecule has 0 bridgehead atoms. The third kappa shape index (κ3) is 4.76. The van der Waals surface area contributed by atoms with Crippen molar-refractivity contribution < 1.29 is 4.74 Å². The molecule has 1 heterocycles. The van der Waals surface area contributed by atoms with Gasteiger partial charge in [-0.05, 0) is 25.8 Å². The minimum absolute atomic E-state index is 0.305. The third-order valence-electron chi connectivity index (χ3n) is 3.04. The second kappa shape index (κ2) is 7.20. The van der Waals surface area contributed by atoms with E-state index in [9.17, 15) is 0 Å². The molecule has 0 radical (unpaired) electrons. The Morgan fingerprint density at radius 3 is 3.00 bits per heavy atom. The quantitative estimate of drug-likeness (QED) is 0.723. The zero-order valence-electron chi connectivity index (χ0n) is 10.4. The fourth-order valence-electron chi connectivity index (χ4n) is 2.08. The second-order valence-corrected chi connectivity index (χ2v) is 5.17. The summed E-state index contributed by atoms with van der Waals surface area (Å²) in [4.78, 5) is 3.05. The first kappa shape index (κ1) is 13.9. The lowest BCUT2D eigenvalue weighted by Gasteiger charge is -2.34. The number of rotatable bonds is 6. The van der Waals surface area contributed by atoms with Gasteiger partial charge in [-0.25, -0.2) is 0 Å². The van der Waals surface area contributed by atoms with Crippen LogP contribution in [0.5, 0.6) is 0 Å². The van der Waals surface area contributed by atoms with Crippen LogP contribution in [0.2, 0.25) is 0 Å². The molecule has 0 aromatic rings. The standard InChI is InChI=1S/C12H24N2OS/c1-3-7-15-11-5-4-6-14(9-11)8-10(2)12(13)16/h10-11H,3-9H2,1-2H3,(H2,13,16). The molecule has 2 atom stereocenters. The van der Waals surface area contributed by atoms with Crippen LogP contribution in [0.4, 0.5) is 0 Å². The van der Waals surface area contributed by atoms with E-state index in [2.05, 4.69) is 18.7 Å². The Labute approximate surface area is 104 Å². The monoisotopic (exact) mass is 244 g/mol. The van der Waals surface area contributed by atoms with Gasteiger partial charge in [0.1, 0.15) is 0 Å². The van der Waals surface area contributed by atoms with Gasteiger partial charge < -0.3 is 15.4 Å². The molecule has 0 saturated carbocycles. The Balaban J connectivity index is 2.29. The van der Waals surface area contributed by atoms with Gasteiger partial charge >= 0.3 is 0 Å². The number of nitrogens with zero attached hydrogens (tertiary/aromatic N) is 1. The number of thiocarbonyl (C=S) groups is 1. The highest BCUT2D eigenvalue weighted by Crippen LogP contribution is 2.15. The summed E-state index contributed by atoms with van der Waals surface area (Å²) in [5.74, 6) is 0.305. The predicted molar refractivity (Wildman–Crippen MR) is 71.7 cm³/mol. The maximum absolute atomic E-state index is 5.80. The topological polar surface area (TPSA) is 38.5 Å². The maximum Gasteiger partial charge on any atom is 0.0768 e. The van der Waals surface area contributed by atoms with Crippen molar-refractivity contribution in [1.82, 2.24) is 4.90 Å². The Hall–Kier alpha value is -0.190. The first-order valence-electron chi connectivity index (χ1n) is 6.26. The maximum atomic E-state index is 5.80. The minimum atomic E-state index is 0.305. The lowest BCUT2D eigenvalue weighted by molar-refractivity contribution is -0.00142. The van der Waals surface area contributed by atoms with Crippen LogP contribution in [0.3, 0.4) is 0 Å². The summed E-state index contributed by atoms with van der Waals surface area (Å²) in [6, 6.07) is 0. The minimum Gasteiger partial charge on any atom is -0.393 e. The highest BCUT2D eigenvalue weighted by Gasteiger charge is 2.21. The normalized spacial score (nSPS) is 24.2. The summed E-state index contributed by atoms with van der Waals surface area (Å²) in [7, 11) is 0. The molecule has 94 valence electrons. The second-order valence-electron chi connectivity index (χ2n) is 4.70. The Morgan fingerprint density at radius 1 is 1.62 bits per heavy atom. The van der Waals surface area contributed by atoms with Gasteiger partial charge in [-0.15, -0.1) is 0 Å². The summed E-state index contributed by atoms with van der Waals surface area (Å²) in [6.45, 7) is 8.28. The fourth-order valence-corrected chi connectivity index (χ4v) is 2.15. The van der Waals surface area contributed by atoms with E-state index in [4.69, 9.17) is 22.7 Å². The smallest absolute Gasteiger partial charge is 0.0768 e. The molecule has 1 saturated heterocycles. The summed E-state index contributed by atoms with van der Waals surface area (Å²) in [6.07, 6.45) is 3.92. The Kier molecular flexibility index (Phi) is 6.24. The van der Waals surface area contributed by atoms with E-state index >= 15 is 0 Å². The van der Waals surface area contributed by atoms with Crippen LogP contribution in [0.25, 0.3) is 0 Å². The average Bonchev–Trinajstić information content (AvgIpc) is 2.26. The van der Waals surface area contributed by atoms with E-state index in [1.807, 2.05) is 0 Å². The van der Waals surface area contributed by atoms with E-state index < -0.39 is 0 Å². The van der Waals surface area contributed by atoms with E-state index in [1.54, 1.807) is 0 Å². The van der Waals surface area contributed by atoms with Crippen LogP contribution in [0, 0.1) is 5.92 Å². The third-order valence-corrected chi connectivity index (χ3v) is 3.44. The van der Waals surface area contributed by atoms with Crippen molar-refractivity contribution in [2.24, 2.45) is 11.7 Å². The molecule has 0 amide bonds. The molecule has 1 rings (SSSR count). The molecule has 0 spiro atoms. The lowest BCUT2D eigenvalue weighted by Crippen LogP contribution is -2.43. The molecule has 0 aromatic heterocycles. The zero-order valence-corrected chi connectivity index (χ0v) is 11.3. The molecule has 0 aromatic carbocycles. The number of ether oxygens (including phenoxy) is 1. The van der Waals surface area contributed by atoms with Crippen LogP contribution in [-0.2, 0) is 4.74 Å². The fraction of sp³-hybridized carbons (Fsp3) is 0.917. The van der Waals surface area contributed by atoms with Crippen molar-refractivity contribution in [1.29, 1.82) is 0 Å². The molecule has 2 N–H and O–H groups in total. The number of hydrogen-bond acceptors (Lipinski definition) is 3. The lowest BCUT2D eigenvalue weighted by atomic mass is 10.1. The van der Waals surface area contributed by atoms with Crippen LogP contribution >= 0.6 is 12.2 Å². The van der Waals surface area contributed by atoms with Crippen LogP contribution < -0.4 is 5.73 Å². The first-order chi connectivity index (χ1) is 7.63. The van der Waals surface area contributed by atoms with Crippen molar-refractivity contribution in [3.8, 4) is 0 Å². The van der Waals surface area contributed by atoms with E-state index in [1.165, 1.54) is 12.8 Å². The van der Waals surface area contributed by atoms with Gasteiger partial charge in [0.25, 0.3) is 0 Å². The van der Waals surface area contributed by atoms with Gasteiger partial charge in [-0.2, -0.15) is 0 Å². The molecule has 16 heavy (non-hydrogen) atoms. The largest absolute Gasteiger partial charge is 0.393 e. The molecule has 1 aliphatic heterocycles. The van der Waals surface area contributed by atoms with Gasteiger partial charge in [-0.1, -0.05) is 26.1 Å². The van der Waals surface area contributed by atoms with E-state index in [0.717, 1.165) is 32.7 Å². The van der Waals surface area contributed by atoms with Crippen molar-refractivity contribution in [2.75, 3.05) is 26.2 Å². The van der Waals surface area contributed by atoms with Gasteiger partial charge in [0, 0.05) is 25.6 Å². The van der Waals surface area contributed by atoms with E-state index in [-0.39, 0.29) is 0 Å². The molecular formula is C12H24N2OS. The zero-order chi connectivity index (χ0) is 12.0. The predicted octanol–water partition coefficient (Wildman–Crippen LogP) is 1.80. The van der Waals surface area contributed by atoms with Crippen molar-refractivity contribution in [3.63, 3.8) is 0 Å². The number of hydrogen-bond donors (Lipinski definition) is 1. The molecule has 2 unspecified atom stereocenters. The van der Waals surface area contributed by atoms with Crippen LogP contribution in [0.1, 0.15) is 33.1 Å². The van der Waals surface area contributed by atoms with Crippen LogP contribution in [-0.4, -0.2) is 42.2 Å². The number of piperidine rings is 1. The van der Waals surface area contributed by atoms with Gasteiger partial charge in [0.15, 0.2) is 0 Å². The molecule has 1 aliphatic rings. The van der Waals surface area contributed by atoms with Crippen molar-refractivity contribution >= 4 is 17.2 Å². The van der Waals surface area contributed by atoms with Crippen LogP contribution in [0.15, 0.2) is 0 Å². The summed E-state index contributed by atoms with van der Waals surface area (Å²) < 4.78 is 5.80. The van der Waals surface area contributed by atoms with Gasteiger partial charge in [0.2, 0.25) is 0 Å². The Bertz CT molecular complexity index is 223. The summed E-state index contributed by atoms with van der Waals surface area (Å²) >= 11 is 5.01. The van der Waals surface area contributed by atoms with Crippen molar-refractivity contribution in [2.45, 2.75) is 39.2 Å². The number of nitrogens with two attached hydrogens (primary N) is 1. The number of likely N-dealkylation sites (tertiary alicyclic amines) is 1. The first-order valence-corrected chi connectivity index (χ1v) is 6.67. The molecule has 4 heteroatoms. The molecule has 0 aliphatic carbocycles. The highest BCUT2D eigenvalue weighted by atomic mass is 32.1.